The van der Waals surface area contributed by atoms with Crippen LogP contribution in [-0.4, -0.2) is 23.7 Å². The van der Waals surface area contributed by atoms with Gasteiger partial charge in [-0.25, -0.2) is 14.8 Å². The van der Waals surface area contributed by atoms with E-state index >= 15 is 0 Å². The predicted molar refractivity (Wildman–Crippen MR) is 78.6 cm³/mol. The molecule has 0 saturated carbocycles. The zero-order valence-electron chi connectivity index (χ0n) is 12.7. The molecule has 0 amide bonds. The normalized spacial score (nSPS) is 12.0. The molecule has 10 heteroatoms. The van der Waals surface area contributed by atoms with E-state index < -0.39 is 23.1 Å². The van der Waals surface area contributed by atoms with E-state index in [0.717, 1.165) is 21.3 Å². The van der Waals surface area contributed by atoms with Crippen molar-refractivity contribution in [1.29, 1.82) is 0 Å². The number of aryl methyl sites for hydroxylation is 2. The largest absolute Gasteiger partial charge is 0.433 e. The Morgan fingerprint density at radius 2 is 1.88 bits per heavy atom. The molecule has 0 fully saturated rings. The van der Waals surface area contributed by atoms with Crippen molar-refractivity contribution < 1.29 is 13.2 Å². The Balaban J connectivity index is 2.26. The van der Waals surface area contributed by atoms with Gasteiger partial charge in [0.05, 0.1) is 11.9 Å². The monoisotopic (exact) mass is 339 g/mol. The van der Waals surface area contributed by atoms with E-state index in [1.165, 1.54) is 13.2 Å². The van der Waals surface area contributed by atoms with Crippen LogP contribution in [0.3, 0.4) is 0 Å². The molecule has 0 radical (unpaired) electrons. The van der Waals surface area contributed by atoms with Crippen molar-refractivity contribution in [3.8, 4) is 0 Å². The summed E-state index contributed by atoms with van der Waals surface area (Å²) >= 11 is 0. The van der Waals surface area contributed by atoms with Crippen LogP contribution in [0.2, 0.25) is 0 Å². The Kier molecular flexibility index (Phi) is 3.54. The van der Waals surface area contributed by atoms with Crippen LogP contribution in [0.1, 0.15) is 11.5 Å². The van der Waals surface area contributed by atoms with Crippen molar-refractivity contribution in [1.82, 2.24) is 23.7 Å². The second-order valence-corrected chi connectivity index (χ2v) is 5.25. The summed E-state index contributed by atoms with van der Waals surface area (Å²) in [7, 11) is 2.97. The summed E-state index contributed by atoms with van der Waals surface area (Å²) in [6.45, 7) is -0.0913. The van der Waals surface area contributed by atoms with Gasteiger partial charge in [-0.05, 0) is 12.1 Å². The molecule has 0 aliphatic rings. The fourth-order valence-corrected chi connectivity index (χ4v) is 2.36. The molecule has 0 aliphatic heterocycles. The first-order valence-corrected chi connectivity index (χ1v) is 6.84. The van der Waals surface area contributed by atoms with Gasteiger partial charge in [0.25, 0.3) is 5.56 Å². The molecule has 0 atom stereocenters. The number of imidazole rings is 1. The average Bonchev–Trinajstić information content (AvgIpc) is 2.93. The maximum atomic E-state index is 12.8. The molecular weight excluding hydrogens is 327 g/mol. The Hall–Kier alpha value is -2.91. The zero-order chi connectivity index (χ0) is 17.6. The minimum Gasteiger partial charge on any atom is -0.337 e. The van der Waals surface area contributed by atoms with Gasteiger partial charge >= 0.3 is 11.9 Å². The van der Waals surface area contributed by atoms with Gasteiger partial charge in [0.15, 0.2) is 0 Å². The smallest absolute Gasteiger partial charge is 0.337 e. The predicted octanol–water partition coefficient (Wildman–Crippen LogP) is 0.896. The molecule has 3 aromatic heterocycles. The lowest BCUT2D eigenvalue weighted by atomic mass is 10.2. The van der Waals surface area contributed by atoms with Gasteiger partial charge < -0.3 is 4.57 Å². The summed E-state index contributed by atoms with van der Waals surface area (Å²) in [5.41, 5.74) is -2.94. The summed E-state index contributed by atoms with van der Waals surface area (Å²) in [6, 6.07) is 1.75. The fourth-order valence-electron chi connectivity index (χ4n) is 2.36. The highest BCUT2D eigenvalue weighted by Gasteiger charge is 2.33. The zero-order valence-corrected chi connectivity index (χ0v) is 12.7. The second kappa shape index (κ2) is 5.32. The van der Waals surface area contributed by atoms with Crippen LogP contribution < -0.4 is 11.2 Å². The summed E-state index contributed by atoms with van der Waals surface area (Å²) < 4.78 is 41.8. The van der Waals surface area contributed by atoms with E-state index in [-0.39, 0.29) is 17.6 Å². The molecule has 24 heavy (non-hydrogen) atoms. The van der Waals surface area contributed by atoms with Gasteiger partial charge in [-0.15, -0.1) is 0 Å². The number of halogens is 3. The van der Waals surface area contributed by atoms with Crippen molar-refractivity contribution >= 4 is 11.0 Å². The minimum atomic E-state index is -4.66. The summed E-state index contributed by atoms with van der Waals surface area (Å²) in [5, 5.41) is -0.0701. The van der Waals surface area contributed by atoms with E-state index in [1.807, 2.05) is 0 Å². The van der Waals surface area contributed by atoms with Crippen molar-refractivity contribution in [2.24, 2.45) is 14.1 Å². The van der Waals surface area contributed by atoms with Gasteiger partial charge in [0.1, 0.15) is 17.2 Å². The quantitative estimate of drug-likeness (QED) is 0.695. The Labute approximate surface area is 132 Å². The minimum absolute atomic E-state index is 0.0701. The molecule has 3 aromatic rings. The highest BCUT2D eigenvalue weighted by molar-refractivity contribution is 5.74. The first-order chi connectivity index (χ1) is 11.2. The third-order valence-electron chi connectivity index (χ3n) is 3.70. The molecule has 0 N–H and O–H groups in total. The topological polar surface area (TPSA) is 74.7 Å². The van der Waals surface area contributed by atoms with Crippen LogP contribution in [0.4, 0.5) is 13.2 Å². The number of nitrogens with zero attached hydrogens (tertiary/aromatic N) is 5. The van der Waals surface area contributed by atoms with E-state index in [9.17, 15) is 22.8 Å². The third-order valence-corrected chi connectivity index (χ3v) is 3.70. The van der Waals surface area contributed by atoms with Crippen LogP contribution in [-0.2, 0) is 26.8 Å². The van der Waals surface area contributed by atoms with Gasteiger partial charge in [0, 0.05) is 26.5 Å². The summed E-state index contributed by atoms with van der Waals surface area (Å²) in [5.74, 6) is 0.466. The molecule has 0 bridgehead atoms. The van der Waals surface area contributed by atoms with Crippen LogP contribution in [0.5, 0.6) is 0 Å². The average molecular weight is 339 g/mol. The molecule has 0 unspecified atom stereocenters. The van der Waals surface area contributed by atoms with Gasteiger partial charge in [0.2, 0.25) is 0 Å². The maximum absolute atomic E-state index is 12.8. The molecule has 126 valence electrons. The second-order valence-electron chi connectivity index (χ2n) is 5.25. The lowest BCUT2D eigenvalue weighted by Gasteiger charge is -2.12. The molecular formula is C14H12F3N5O2. The number of aromatic nitrogens is 5. The van der Waals surface area contributed by atoms with Crippen LogP contribution >= 0.6 is 0 Å². The Morgan fingerprint density at radius 1 is 1.17 bits per heavy atom. The van der Waals surface area contributed by atoms with Gasteiger partial charge in [-0.2, -0.15) is 13.2 Å². The third kappa shape index (κ3) is 2.49. The number of alkyl halides is 3. The molecule has 0 aromatic carbocycles. The van der Waals surface area contributed by atoms with Gasteiger partial charge in [-0.1, -0.05) is 0 Å². The number of hydrogen-bond donors (Lipinski definition) is 0. The SMILES string of the molecule is Cn1ccnc1Cn1c(=O)c2ccc(C(F)(F)F)nc2n(C)c1=O. The first kappa shape index (κ1) is 16.0. The van der Waals surface area contributed by atoms with Crippen LogP contribution in [0.25, 0.3) is 11.0 Å². The van der Waals surface area contributed by atoms with Crippen LogP contribution in [0, 0.1) is 0 Å². The Bertz CT molecular complexity index is 1050. The molecule has 0 aliphatic carbocycles. The molecule has 0 spiro atoms. The van der Waals surface area contributed by atoms with E-state index in [2.05, 4.69) is 9.97 Å². The molecule has 3 heterocycles. The van der Waals surface area contributed by atoms with E-state index in [0.29, 0.717) is 5.82 Å². The molecule has 7 nitrogen and oxygen atoms in total. The number of hydrogen-bond acceptors (Lipinski definition) is 4. The van der Waals surface area contributed by atoms with E-state index in [1.54, 1.807) is 17.8 Å². The maximum Gasteiger partial charge on any atom is 0.433 e. The lowest BCUT2D eigenvalue weighted by Crippen LogP contribution is -2.40. The summed E-state index contributed by atoms with van der Waals surface area (Å²) in [6.07, 6.45) is -1.49. The Morgan fingerprint density at radius 3 is 2.46 bits per heavy atom. The van der Waals surface area contributed by atoms with Crippen molar-refractivity contribution in [3.05, 3.63) is 56.9 Å². The lowest BCUT2D eigenvalue weighted by molar-refractivity contribution is -0.141. The first-order valence-electron chi connectivity index (χ1n) is 6.84. The molecule has 3 rings (SSSR count). The van der Waals surface area contributed by atoms with Crippen molar-refractivity contribution in [2.75, 3.05) is 0 Å². The number of rotatable bonds is 2. The van der Waals surface area contributed by atoms with Crippen LogP contribution in [0.15, 0.2) is 34.1 Å². The van der Waals surface area contributed by atoms with Crippen molar-refractivity contribution in [3.63, 3.8) is 0 Å². The highest BCUT2D eigenvalue weighted by Crippen LogP contribution is 2.28. The summed E-state index contributed by atoms with van der Waals surface area (Å²) in [4.78, 5) is 32.3. The number of fused-ring (bicyclic) bond motifs is 1. The highest BCUT2D eigenvalue weighted by atomic mass is 19.4. The fraction of sp³-hybridized carbons (Fsp3) is 0.286. The standard InChI is InChI=1S/C14H12F3N5O2/c1-20-6-5-18-10(20)7-22-12(23)8-3-4-9(14(15,16)17)19-11(8)21(2)13(22)24/h3-6H,7H2,1-2H3. The van der Waals surface area contributed by atoms with Crippen molar-refractivity contribution in [2.45, 2.75) is 12.7 Å². The van der Waals surface area contributed by atoms with E-state index in [4.69, 9.17) is 0 Å². The molecule has 0 saturated heterocycles. The van der Waals surface area contributed by atoms with Gasteiger partial charge in [-0.3, -0.25) is 13.9 Å². The number of pyridine rings is 1.